The van der Waals surface area contributed by atoms with E-state index in [1.807, 2.05) is 35.2 Å². The van der Waals surface area contributed by atoms with E-state index in [9.17, 15) is 4.55 Å². The Morgan fingerprint density at radius 3 is 2.76 bits per heavy atom. The highest BCUT2D eigenvalue weighted by atomic mass is 32.2. The second-order valence-corrected chi connectivity index (χ2v) is 6.67. The SMILES string of the molecule is C[S+]([O-])c1nccc(N2CCOc3cnc(-c4ccccc4)nc32)n1. The van der Waals surface area contributed by atoms with Crippen LogP contribution in [0.4, 0.5) is 11.6 Å². The van der Waals surface area contributed by atoms with Crippen molar-refractivity contribution in [1.29, 1.82) is 0 Å². The molecule has 0 saturated carbocycles. The fraction of sp³-hybridized carbons (Fsp3) is 0.176. The van der Waals surface area contributed by atoms with Crippen LogP contribution in [0.3, 0.4) is 0 Å². The monoisotopic (exact) mass is 353 g/mol. The fourth-order valence-corrected chi connectivity index (χ4v) is 3.01. The van der Waals surface area contributed by atoms with Crippen molar-refractivity contribution in [1.82, 2.24) is 19.9 Å². The van der Waals surface area contributed by atoms with Gasteiger partial charge in [0, 0.05) is 22.9 Å². The van der Waals surface area contributed by atoms with Gasteiger partial charge in [-0.1, -0.05) is 30.3 Å². The fourth-order valence-electron chi connectivity index (χ4n) is 2.58. The van der Waals surface area contributed by atoms with Crippen molar-refractivity contribution >= 4 is 22.8 Å². The third kappa shape index (κ3) is 3.13. The summed E-state index contributed by atoms with van der Waals surface area (Å²) in [5.41, 5.74) is 0.925. The Morgan fingerprint density at radius 2 is 1.96 bits per heavy atom. The number of fused-ring (bicyclic) bond motifs is 1. The largest absolute Gasteiger partial charge is 0.609 e. The van der Waals surface area contributed by atoms with Crippen LogP contribution in [0.15, 0.2) is 53.9 Å². The summed E-state index contributed by atoms with van der Waals surface area (Å²) < 4.78 is 17.4. The number of benzene rings is 1. The Balaban J connectivity index is 1.77. The molecule has 0 N–H and O–H groups in total. The summed E-state index contributed by atoms with van der Waals surface area (Å²) in [6, 6.07) is 11.5. The first-order valence-corrected chi connectivity index (χ1v) is 9.27. The number of rotatable bonds is 3. The van der Waals surface area contributed by atoms with E-state index < -0.39 is 11.2 Å². The third-order valence-electron chi connectivity index (χ3n) is 3.75. The van der Waals surface area contributed by atoms with E-state index in [4.69, 9.17) is 4.74 Å². The van der Waals surface area contributed by atoms with Gasteiger partial charge in [0.2, 0.25) is 0 Å². The summed E-state index contributed by atoms with van der Waals surface area (Å²) in [5, 5.41) is 0.294. The first-order chi connectivity index (χ1) is 12.2. The van der Waals surface area contributed by atoms with E-state index in [0.29, 0.717) is 41.5 Å². The standard InChI is InChI=1S/C17H15N5O2S/c1-25(23)17-18-8-7-14(20-17)22-9-10-24-13-11-19-15(21-16(13)22)12-5-3-2-4-6-12/h2-8,11H,9-10H2,1H3. The van der Waals surface area contributed by atoms with E-state index >= 15 is 0 Å². The molecule has 0 spiro atoms. The molecule has 2 aromatic heterocycles. The van der Waals surface area contributed by atoms with Gasteiger partial charge in [-0.15, -0.1) is 0 Å². The molecule has 0 aliphatic carbocycles. The second kappa shape index (κ2) is 6.66. The summed E-state index contributed by atoms with van der Waals surface area (Å²) in [4.78, 5) is 19.4. The van der Waals surface area contributed by atoms with Gasteiger partial charge in [0.1, 0.15) is 18.7 Å². The van der Waals surface area contributed by atoms with Gasteiger partial charge in [0.25, 0.3) is 0 Å². The lowest BCUT2D eigenvalue weighted by atomic mass is 10.2. The van der Waals surface area contributed by atoms with Gasteiger partial charge in [-0.2, -0.15) is 9.97 Å². The van der Waals surface area contributed by atoms with Gasteiger partial charge in [-0.05, 0) is 6.07 Å². The average Bonchev–Trinajstić information content (AvgIpc) is 2.68. The second-order valence-electron chi connectivity index (χ2n) is 5.40. The number of hydrogen-bond donors (Lipinski definition) is 0. The Kier molecular flexibility index (Phi) is 4.21. The molecule has 3 heterocycles. The van der Waals surface area contributed by atoms with Crippen molar-refractivity contribution in [3.8, 4) is 17.1 Å². The Bertz CT molecular complexity index is 891. The lowest BCUT2D eigenvalue weighted by Crippen LogP contribution is -2.30. The molecule has 8 heteroatoms. The molecule has 4 rings (SSSR count). The lowest BCUT2D eigenvalue weighted by Gasteiger charge is -2.29. The summed E-state index contributed by atoms with van der Waals surface area (Å²) >= 11 is -1.25. The summed E-state index contributed by atoms with van der Waals surface area (Å²) in [7, 11) is 0. The molecule has 0 saturated heterocycles. The molecule has 25 heavy (non-hydrogen) atoms. The quantitative estimate of drug-likeness (QED) is 0.527. The summed E-state index contributed by atoms with van der Waals surface area (Å²) in [6.07, 6.45) is 4.84. The van der Waals surface area contributed by atoms with Crippen LogP contribution >= 0.6 is 0 Å². The minimum Gasteiger partial charge on any atom is -0.609 e. The predicted octanol–water partition coefficient (Wildman–Crippen LogP) is 2.20. The van der Waals surface area contributed by atoms with Crippen LogP contribution in [0.5, 0.6) is 5.75 Å². The molecule has 0 fully saturated rings. The zero-order valence-corrected chi connectivity index (χ0v) is 14.3. The van der Waals surface area contributed by atoms with Gasteiger partial charge in [0.15, 0.2) is 17.4 Å². The maximum atomic E-state index is 11.7. The maximum absolute atomic E-state index is 11.7. The van der Waals surface area contributed by atoms with Crippen molar-refractivity contribution in [2.24, 2.45) is 0 Å². The highest BCUT2D eigenvalue weighted by molar-refractivity contribution is 7.90. The predicted molar refractivity (Wildman–Crippen MR) is 94.3 cm³/mol. The van der Waals surface area contributed by atoms with Crippen molar-refractivity contribution in [2.45, 2.75) is 5.16 Å². The number of ether oxygens (including phenoxy) is 1. The van der Waals surface area contributed by atoms with E-state index in [1.165, 1.54) is 0 Å². The number of anilines is 2. The average molecular weight is 353 g/mol. The zero-order chi connectivity index (χ0) is 17.2. The zero-order valence-electron chi connectivity index (χ0n) is 13.5. The van der Waals surface area contributed by atoms with Gasteiger partial charge < -0.3 is 14.2 Å². The van der Waals surface area contributed by atoms with Gasteiger partial charge in [-0.3, -0.25) is 0 Å². The molecule has 1 atom stereocenters. The van der Waals surface area contributed by atoms with E-state index in [0.717, 1.165) is 5.56 Å². The molecule has 3 aromatic rings. The molecule has 7 nitrogen and oxygen atoms in total. The van der Waals surface area contributed by atoms with E-state index in [-0.39, 0.29) is 0 Å². The van der Waals surface area contributed by atoms with Crippen molar-refractivity contribution in [3.05, 3.63) is 48.8 Å². The Morgan fingerprint density at radius 1 is 1.12 bits per heavy atom. The molecule has 0 bridgehead atoms. The van der Waals surface area contributed by atoms with Crippen molar-refractivity contribution in [2.75, 3.05) is 24.3 Å². The number of nitrogens with zero attached hydrogens (tertiary/aromatic N) is 5. The van der Waals surface area contributed by atoms with E-state index in [1.54, 1.807) is 24.7 Å². The number of aromatic nitrogens is 4. The molecule has 0 amide bonds. The van der Waals surface area contributed by atoms with Crippen molar-refractivity contribution in [3.63, 3.8) is 0 Å². The Hall–Kier alpha value is -2.71. The van der Waals surface area contributed by atoms with Crippen LogP contribution in [0.2, 0.25) is 0 Å². The minimum atomic E-state index is -1.25. The van der Waals surface area contributed by atoms with Crippen LogP contribution in [0.25, 0.3) is 11.4 Å². The van der Waals surface area contributed by atoms with Crippen LogP contribution in [-0.4, -0.2) is 43.9 Å². The van der Waals surface area contributed by atoms with Crippen LogP contribution in [0, 0.1) is 0 Å². The molecule has 0 radical (unpaired) electrons. The molecule has 126 valence electrons. The number of hydrogen-bond acceptors (Lipinski definition) is 7. The molecular formula is C17H15N5O2S. The summed E-state index contributed by atoms with van der Waals surface area (Å²) in [5.74, 6) is 2.50. The van der Waals surface area contributed by atoms with Gasteiger partial charge in [-0.25, -0.2) is 9.97 Å². The maximum Gasteiger partial charge on any atom is 0.344 e. The van der Waals surface area contributed by atoms with Crippen LogP contribution in [0.1, 0.15) is 0 Å². The lowest BCUT2D eigenvalue weighted by molar-refractivity contribution is 0.310. The van der Waals surface area contributed by atoms with Crippen LogP contribution < -0.4 is 9.64 Å². The molecular weight excluding hydrogens is 338 g/mol. The third-order valence-corrected chi connectivity index (χ3v) is 4.46. The topological polar surface area (TPSA) is 87.1 Å². The van der Waals surface area contributed by atoms with Gasteiger partial charge in [0.05, 0.1) is 12.7 Å². The van der Waals surface area contributed by atoms with Crippen LogP contribution in [-0.2, 0) is 11.2 Å². The molecule has 1 aromatic carbocycles. The molecule has 1 aliphatic heterocycles. The molecule has 1 aliphatic rings. The van der Waals surface area contributed by atoms with Crippen molar-refractivity contribution < 1.29 is 9.29 Å². The summed E-state index contributed by atoms with van der Waals surface area (Å²) in [6.45, 7) is 1.08. The molecule has 1 unspecified atom stereocenters. The highest BCUT2D eigenvalue weighted by Gasteiger charge is 2.24. The van der Waals surface area contributed by atoms with Gasteiger partial charge >= 0.3 is 5.16 Å². The first-order valence-electron chi connectivity index (χ1n) is 7.71. The van der Waals surface area contributed by atoms with E-state index in [2.05, 4.69) is 19.9 Å². The normalized spacial score (nSPS) is 14.6. The Labute approximate surface area is 147 Å². The minimum absolute atomic E-state index is 0.294. The highest BCUT2D eigenvalue weighted by Crippen LogP contribution is 2.34. The first kappa shape index (κ1) is 15.8. The smallest absolute Gasteiger partial charge is 0.344 e.